The molecule has 0 radical (unpaired) electrons. The number of halogens is 3. The number of sulfonamides is 1. The van der Waals surface area contributed by atoms with E-state index >= 15 is 0 Å². The van der Waals surface area contributed by atoms with E-state index in [9.17, 15) is 26.4 Å². The highest BCUT2D eigenvalue weighted by molar-refractivity contribution is 7.89. The maximum absolute atomic E-state index is 12.7. The first kappa shape index (κ1) is 26.0. The second-order valence-electron chi connectivity index (χ2n) is 8.61. The molecule has 0 aliphatic carbocycles. The van der Waals surface area contributed by atoms with Crippen molar-refractivity contribution in [1.82, 2.24) is 15.0 Å². The van der Waals surface area contributed by atoms with Crippen LogP contribution in [0.1, 0.15) is 41.5 Å². The number of anilines is 1. The minimum Gasteiger partial charge on any atom is -0.356 e. The van der Waals surface area contributed by atoms with Gasteiger partial charge in [-0.15, -0.1) is 0 Å². The summed E-state index contributed by atoms with van der Waals surface area (Å²) in [6, 6.07) is 5.89. The molecule has 3 rings (SSSR count). The molecule has 0 atom stereocenters. The minimum atomic E-state index is -4.42. The van der Waals surface area contributed by atoms with E-state index in [0.717, 1.165) is 17.8 Å². The Morgan fingerprint density at radius 1 is 1.12 bits per heavy atom. The number of alkyl halides is 3. The van der Waals surface area contributed by atoms with Gasteiger partial charge in [0.2, 0.25) is 15.9 Å². The Bertz CT molecular complexity index is 1100. The number of piperidine rings is 1. The summed E-state index contributed by atoms with van der Waals surface area (Å²) in [5.74, 6) is 0.208. The molecule has 34 heavy (non-hydrogen) atoms. The predicted molar refractivity (Wildman–Crippen MR) is 123 cm³/mol. The highest BCUT2D eigenvalue weighted by atomic mass is 32.2. The van der Waals surface area contributed by atoms with E-state index in [1.807, 2.05) is 11.8 Å². The van der Waals surface area contributed by atoms with Gasteiger partial charge in [0.05, 0.1) is 10.5 Å². The molecule has 0 saturated carbocycles. The van der Waals surface area contributed by atoms with Crippen molar-refractivity contribution in [3.05, 3.63) is 52.7 Å². The summed E-state index contributed by atoms with van der Waals surface area (Å²) < 4.78 is 66.0. The van der Waals surface area contributed by atoms with E-state index < -0.39 is 21.8 Å². The second kappa shape index (κ2) is 10.3. The third-order valence-electron chi connectivity index (χ3n) is 5.78. The molecule has 2 N–H and O–H groups in total. The third kappa shape index (κ3) is 6.47. The average Bonchev–Trinajstić information content (AvgIpc) is 2.72. The van der Waals surface area contributed by atoms with Crippen molar-refractivity contribution in [2.24, 2.45) is 0 Å². The van der Waals surface area contributed by atoms with Gasteiger partial charge in [0.15, 0.2) is 0 Å². The number of pyridine rings is 1. The van der Waals surface area contributed by atoms with Gasteiger partial charge in [-0.05, 0) is 56.9 Å². The number of nitrogens with zero attached hydrogens (tertiary/aromatic N) is 2. The third-order valence-corrected chi connectivity index (χ3v) is 7.54. The molecule has 1 saturated heterocycles. The smallest absolute Gasteiger partial charge is 0.356 e. The number of aryl methyl sites for hydroxylation is 3. The molecule has 0 unspecified atom stereocenters. The van der Waals surface area contributed by atoms with Crippen molar-refractivity contribution in [2.45, 2.75) is 57.1 Å². The zero-order valence-corrected chi connectivity index (χ0v) is 20.2. The number of nitrogens with one attached hydrogen (secondary N) is 2. The summed E-state index contributed by atoms with van der Waals surface area (Å²) in [6.45, 7) is 6.46. The molecule has 1 aliphatic heterocycles. The molecule has 1 amide bonds. The minimum absolute atomic E-state index is 0.00383. The molecule has 7 nitrogen and oxygen atoms in total. The highest BCUT2D eigenvalue weighted by Gasteiger charge is 2.31. The fraction of sp³-hybridized carbons (Fsp3) is 0.478. The number of hydrogen-bond acceptors (Lipinski definition) is 5. The lowest BCUT2D eigenvalue weighted by molar-refractivity contribution is -0.137. The summed E-state index contributed by atoms with van der Waals surface area (Å²) in [6.07, 6.45) is -2.37. The van der Waals surface area contributed by atoms with Crippen LogP contribution in [0.4, 0.5) is 19.0 Å². The molecule has 1 fully saturated rings. The van der Waals surface area contributed by atoms with Crippen LogP contribution in [-0.2, 0) is 21.0 Å². The summed E-state index contributed by atoms with van der Waals surface area (Å²) >= 11 is 0. The summed E-state index contributed by atoms with van der Waals surface area (Å²) in [7, 11) is -3.73. The Kier molecular flexibility index (Phi) is 7.87. The summed E-state index contributed by atoms with van der Waals surface area (Å²) in [5, 5.41) is 2.91. The number of amides is 1. The molecule has 1 aliphatic rings. The van der Waals surface area contributed by atoms with E-state index in [1.165, 1.54) is 6.07 Å². The first-order valence-corrected chi connectivity index (χ1v) is 12.5. The van der Waals surface area contributed by atoms with Gasteiger partial charge < -0.3 is 10.2 Å². The van der Waals surface area contributed by atoms with E-state index in [1.54, 1.807) is 26.0 Å². The Labute approximate surface area is 197 Å². The molecule has 186 valence electrons. The SMILES string of the molecule is Cc1cc(C)c(S(=O)(=O)NCCC(=O)NC2CCN(c3ccc(C(F)(F)F)cn3)CC2)c(C)c1. The quantitative estimate of drug-likeness (QED) is 0.610. The van der Waals surface area contributed by atoms with Gasteiger partial charge in [0.1, 0.15) is 5.82 Å². The Morgan fingerprint density at radius 2 is 1.74 bits per heavy atom. The van der Waals surface area contributed by atoms with Gasteiger partial charge in [-0.3, -0.25) is 4.79 Å². The van der Waals surface area contributed by atoms with Gasteiger partial charge in [-0.1, -0.05) is 17.7 Å². The Morgan fingerprint density at radius 3 is 2.26 bits per heavy atom. The maximum Gasteiger partial charge on any atom is 0.417 e. The zero-order valence-electron chi connectivity index (χ0n) is 19.4. The van der Waals surface area contributed by atoms with Crippen LogP contribution in [0, 0.1) is 20.8 Å². The van der Waals surface area contributed by atoms with Gasteiger partial charge in [0.25, 0.3) is 0 Å². The van der Waals surface area contributed by atoms with Crippen LogP contribution in [0.3, 0.4) is 0 Å². The standard InChI is InChI=1S/C23H29F3N4O3S/c1-15-12-16(2)22(17(3)13-15)34(32,33)28-9-6-21(31)29-19-7-10-30(11-8-19)20-5-4-18(14-27-20)23(24,25)26/h4-5,12-14,19,28H,6-11H2,1-3H3,(H,29,31). The zero-order chi connectivity index (χ0) is 25.1. The van der Waals surface area contributed by atoms with Gasteiger partial charge in [-0.25, -0.2) is 18.1 Å². The van der Waals surface area contributed by atoms with E-state index in [-0.39, 0.29) is 29.8 Å². The van der Waals surface area contributed by atoms with Crippen LogP contribution in [0.15, 0.2) is 35.4 Å². The van der Waals surface area contributed by atoms with E-state index in [4.69, 9.17) is 0 Å². The molecule has 11 heteroatoms. The van der Waals surface area contributed by atoms with Crippen molar-refractivity contribution < 1.29 is 26.4 Å². The lowest BCUT2D eigenvalue weighted by Gasteiger charge is -2.33. The normalized spacial score (nSPS) is 15.4. The molecular formula is C23H29F3N4O3S. The number of hydrogen-bond donors (Lipinski definition) is 2. The second-order valence-corrected chi connectivity index (χ2v) is 10.3. The summed E-state index contributed by atoms with van der Waals surface area (Å²) in [4.78, 5) is 18.3. The monoisotopic (exact) mass is 498 g/mol. The van der Waals surface area contributed by atoms with Crippen LogP contribution < -0.4 is 14.9 Å². The van der Waals surface area contributed by atoms with Gasteiger partial charge in [-0.2, -0.15) is 13.2 Å². The molecule has 0 bridgehead atoms. The van der Waals surface area contributed by atoms with Crippen LogP contribution in [0.25, 0.3) is 0 Å². The maximum atomic E-state index is 12.7. The van der Waals surface area contributed by atoms with Crippen molar-refractivity contribution >= 4 is 21.7 Å². The topological polar surface area (TPSA) is 91.4 Å². The Hall–Kier alpha value is -2.66. The molecule has 2 heterocycles. The first-order valence-electron chi connectivity index (χ1n) is 11.0. The number of benzene rings is 1. The fourth-order valence-corrected chi connectivity index (χ4v) is 5.74. The summed E-state index contributed by atoms with van der Waals surface area (Å²) in [5.41, 5.74) is 1.50. The number of carbonyl (C=O) groups is 1. The Balaban J connectivity index is 1.45. The molecule has 1 aromatic carbocycles. The van der Waals surface area contributed by atoms with Crippen molar-refractivity contribution in [3.8, 4) is 0 Å². The predicted octanol–water partition coefficient (Wildman–Crippen LogP) is 3.48. The number of rotatable bonds is 7. The molecule has 0 spiro atoms. The first-order chi connectivity index (χ1) is 15.9. The van der Waals surface area contributed by atoms with Crippen LogP contribution >= 0.6 is 0 Å². The van der Waals surface area contributed by atoms with Crippen molar-refractivity contribution in [1.29, 1.82) is 0 Å². The molecule has 2 aromatic rings. The average molecular weight is 499 g/mol. The molecule has 1 aromatic heterocycles. The highest BCUT2D eigenvalue weighted by Crippen LogP contribution is 2.30. The van der Waals surface area contributed by atoms with Gasteiger partial charge in [0, 0.05) is 38.3 Å². The van der Waals surface area contributed by atoms with Crippen LogP contribution in [-0.4, -0.2) is 45.0 Å². The lowest BCUT2D eigenvalue weighted by atomic mass is 10.0. The fourth-order valence-electron chi connectivity index (χ4n) is 4.26. The van der Waals surface area contributed by atoms with Gasteiger partial charge >= 0.3 is 6.18 Å². The number of carbonyl (C=O) groups excluding carboxylic acids is 1. The molecular weight excluding hydrogens is 469 g/mol. The van der Waals surface area contributed by atoms with Crippen LogP contribution in [0.2, 0.25) is 0 Å². The van der Waals surface area contributed by atoms with Crippen LogP contribution in [0.5, 0.6) is 0 Å². The van der Waals surface area contributed by atoms with Crippen molar-refractivity contribution in [3.63, 3.8) is 0 Å². The lowest BCUT2D eigenvalue weighted by Crippen LogP contribution is -2.45. The number of aromatic nitrogens is 1. The van der Waals surface area contributed by atoms with E-state index in [2.05, 4.69) is 15.0 Å². The van der Waals surface area contributed by atoms with Crippen molar-refractivity contribution in [2.75, 3.05) is 24.5 Å². The van der Waals surface area contributed by atoms with E-state index in [0.29, 0.717) is 42.9 Å². The largest absolute Gasteiger partial charge is 0.417 e.